The number of carbonyl (C=O) groups is 2. The van der Waals surface area contributed by atoms with Crippen molar-refractivity contribution >= 4 is 17.5 Å². The van der Waals surface area contributed by atoms with Crippen LogP contribution in [0.5, 0.6) is 5.75 Å². The first-order valence-corrected chi connectivity index (χ1v) is 10.5. The summed E-state index contributed by atoms with van der Waals surface area (Å²) in [5.41, 5.74) is 2.17. The number of hydrogen-bond donors (Lipinski definition) is 1. The van der Waals surface area contributed by atoms with Crippen molar-refractivity contribution < 1.29 is 14.3 Å². The molecule has 2 fully saturated rings. The van der Waals surface area contributed by atoms with Gasteiger partial charge in [0, 0.05) is 24.2 Å². The van der Waals surface area contributed by atoms with Gasteiger partial charge < -0.3 is 15.0 Å². The van der Waals surface area contributed by atoms with Crippen LogP contribution in [-0.4, -0.2) is 25.5 Å². The van der Waals surface area contributed by atoms with E-state index in [1.54, 1.807) is 12.0 Å². The molecule has 1 saturated heterocycles. The lowest BCUT2D eigenvalue weighted by atomic mass is 9.76. The van der Waals surface area contributed by atoms with Crippen molar-refractivity contribution in [2.45, 2.75) is 50.5 Å². The summed E-state index contributed by atoms with van der Waals surface area (Å²) in [5, 5.41) is 3.35. The van der Waals surface area contributed by atoms with Gasteiger partial charge in [0.25, 0.3) is 5.91 Å². The zero-order valence-electron chi connectivity index (χ0n) is 16.9. The molecule has 0 unspecified atom stereocenters. The number of methoxy groups -OCH3 is 1. The van der Waals surface area contributed by atoms with Gasteiger partial charge in [-0.05, 0) is 55.2 Å². The Morgan fingerprint density at radius 1 is 1.03 bits per heavy atom. The molecule has 2 aliphatic rings. The molecule has 1 N–H and O–H groups in total. The van der Waals surface area contributed by atoms with E-state index in [-0.39, 0.29) is 17.4 Å². The molecule has 1 aliphatic heterocycles. The molecule has 1 heterocycles. The highest BCUT2D eigenvalue weighted by atomic mass is 16.5. The number of nitrogens with one attached hydrogen (secondary N) is 1. The van der Waals surface area contributed by atoms with Gasteiger partial charge in [-0.3, -0.25) is 9.59 Å². The van der Waals surface area contributed by atoms with E-state index < -0.39 is 0 Å². The molecule has 2 aromatic carbocycles. The van der Waals surface area contributed by atoms with E-state index >= 15 is 0 Å². The van der Waals surface area contributed by atoms with Gasteiger partial charge >= 0.3 is 0 Å². The van der Waals surface area contributed by atoms with Crippen LogP contribution in [0.15, 0.2) is 48.5 Å². The fraction of sp³-hybridized carbons (Fsp3) is 0.417. The lowest BCUT2D eigenvalue weighted by molar-refractivity contribution is -0.117. The Morgan fingerprint density at radius 2 is 1.79 bits per heavy atom. The topological polar surface area (TPSA) is 58.6 Å². The molecule has 152 valence electrons. The van der Waals surface area contributed by atoms with E-state index in [2.05, 4.69) is 17.4 Å². The SMILES string of the molecule is COc1ccc(C2(NC(=O)c3cccc(N4CCCC4=O)c3)CCCCC2)cc1. The summed E-state index contributed by atoms with van der Waals surface area (Å²) in [6, 6.07) is 15.5. The van der Waals surface area contributed by atoms with Crippen molar-refractivity contribution in [1.82, 2.24) is 5.32 Å². The smallest absolute Gasteiger partial charge is 0.252 e. The van der Waals surface area contributed by atoms with Gasteiger partial charge in [0.1, 0.15) is 5.75 Å². The average molecular weight is 392 g/mol. The number of rotatable bonds is 5. The van der Waals surface area contributed by atoms with Crippen molar-refractivity contribution in [2.24, 2.45) is 0 Å². The minimum absolute atomic E-state index is 0.0868. The third-order valence-electron chi connectivity index (χ3n) is 6.20. The van der Waals surface area contributed by atoms with E-state index in [1.807, 2.05) is 36.4 Å². The number of anilines is 1. The molecule has 2 aromatic rings. The molecule has 4 rings (SSSR count). The second-order valence-corrected chi connectivity index (χ2v) is 8.02. The molecule has 0 bridgehead atoms. The van der Waals surface area contributed by atoms with Gasteiger partial charge in [-0.1, -0.05) is 37.5 Å². The number of amides is 2. The molecule has 0 spiro atoms. The van der Waals surface area contributed by atoms with Gasteiger partial charge in [-0.25, -0.2) is 0 Å². The third kappa shape index (κ3) is 4.00. The van der Waals surface area contributed by atoms with E-state index in [0.29, 0.717) is 12.0 Å². The zero-order valence-corrected chi connectivity index (χ0v) is 16.9. The molecule has 2 amide bonds. The molecule has 5 nitrogen and oxygen atoms in total. The van der Waals surface area contributed by atoms with Crippen LogP contribution in [0, 0.1) is 0 Å². The first-order chi connectivity index (χ1) is 14.1. The highest BCUT2D eigenvalue weighted by molar-refractivity contribution is 5.99. The van der Waals surface area contributed by atoms with Gasteiger partial charge in [0.15, 0.2) is 0 Å². The lowest BCUT2D eigenvalue weighted by Crippen LogP contribution is -2.47. The minimum atomic E-state index is -0.360. The Bertz CT molecular complexity index is 885. The second-order valence-electron chi connectivity index (χ2n) is 8.02. The fourth-order valence-corrected chi connectivity index (χ4v) is 4.58. The Kier molecular flexibility index (Phi) is 5.56. The minimum Gasteiger partial charge on any atom is -0.497 e. The van der Waals surface area contributed by atoms with Crippen LogP contribution < -0.4 is 15.0 Å². The summed E-state index contributed by atoms with van der Waals surface area (Å²) in [6.45, 7) is 0.722. The van der Waals surface area contributed by atoms with Crippen LogP contribution in [0.1, 0.15) is 60.9 Å². The summed E-state index contributed by atoms with van der Waals surface area (Å²) >= 11 is 0. The van der Waals surface area contributed by atoms with Crippen molar-refractivity contribution in [3.63, 3.8) is 0 Å². The van der Waals surface area contributed by atoms with Crippen LogP contribution in [0.3, 0.4) is 0 Å². The lowest BCUT2D eigenvalue weighted by Gasteiger charge is -2.39. The Hall–Kier alpha value is -2.82. The van der Waals surface area contributed by atoms with Crippen molar-refractivity contribution in [3.8, 4) is 5.75 Å². The number of nitrogens with zero attached hydrogens (tertiary/aromatic N) is 1. The van der Waals surface area contributed by atoms with E-state index in [0.717, 1.165) is 55.6 Å². The predicted molar refractivity (Wildman–Crippen MR) is 113 cm³/mol. The normalized spacial score (nSPS) is 18.5. The van der Waals surface area contributed by atoms with Crippen LogP contribution in [0.4, 0.5) is 5.69 Å². The number of ether oxygens (including phenoxy) is 1. The average Bonchev–Trinajstić information content (AvgIpc) is 3.20. The molecule has 0 radical (unpaired) electrons. The quantitative estimate of drug-likeness (QED) is 0.820. The van der Waals surface area contributed by atoms with Crippen LogP contribution >= 0.6 is 0 Å². The first kappa shape index (κ1) is 19.5. The maximum absolute atomic E-state index is 13.2. The van der Waals surface area contributed by atoms with Gasteiger partial charge in [0.2, 0.25) is 5.91 Å². The highest BCUT2D eigenvalue weighted by Crippen LogP contribution is 2.38. The Morgan fingerprint density at radius 3 is 2.45 bits per heavy atom. The molecule has 29 heavy (non-hydrogen) atoms. The van der Waals surface area contributed by atoms with E-state index in [1.165, 1.54) is 6.42 Å². The Labute approximate surface area is 172 Å². The molecular formula is C24H28N2O3. The second kappa shape index (κ2) is 8.27. The van der Waals surface area contributed by atoms with Crippen LogP contribution in [0.2, 0.25) is 0 Å². The molecule has 0 aromatic heterocycles. The predicted octanol–water partition coefficient (Wildman–Crippen LogP) is 4.41. The standard InChI is InChI=1S/C24H28N2O3/c1-29-21-12-10-19(11-13-21)24(14-3-2-4-15-24)25-23(28)18-7-5-8-20(17-18)26-16-6-9-22(26)27/h5,7-8,10-13,17H,2-4,6,9,14-16H2,1H3,(H,25,28). The molecule has 1 saturated carbocycles. The summed E-state index contributed by atoms with van der Waals surface area (Å²) in [4.78, 5) is 27.1. The largest absolute Gasteiger partial charge is 0.497 e. The Balaban J connectivity index is 1.59. The molecule has 1 aliphatic carbocycles. The monoisotopic (exact) mass is 392 g/mol. The number of benzene rings is 2. The van der Waals surface area contributed by atoms with Crippen LogP contribution in [-0.2, 0) is 10.3 Å². The molecular weight excluding hydrogens is 364 g/mol. The van der Waals surface area contributed by atoms with Crippen molar-refractivity contribution in [3.05, 3.63) is 59.7 Å². The summed E-state index contributed by atoms with van der Waals surface area (Å²) < 4.78 is 5.29. The van der Waals surface area contributed by atoms with Gasteiger partial charge in [-0.15, -0.1) is 0 Å². The number of hydrogen-bond acceptors (Lipinski definition) is 3. The summed E-state index contributed by atoms with van der Waals surface area (Å²) in [6.07, 6.45) is 6.68. The third-order valence-corrected chi connectivity index (χ3v) is 6.20. The first-order valence-electron chi connectivity index (χ1n) is 10.5. The van der Waals surface area contributed by atoms with E-state index in [4.69, 9.17) is 4.74 Å². The summed E-state index contributed by atoms with van der Waals surface area (Å²) in [7, 11) is 1.66. The van der Waals surface area contributed by atoms with Crippen molar-refractivity contribution in [1.29, 1.82) is 0 Å². The molecule has 5 heteroatoms. The van der Waals surface area contributed by atoms with Gasteiger partial charge in [0.05, 0.1) is 12.6 Å². The zero-order chi connectivity index (χ0) is 20.3. The maximum Gasteiger partial charge on any atom is 0.252 e. The van der Waals surface area contributed by atoms with Crippen LogP contribution in [0.25, 0.3) is 0 Å². The summed E-state index contributed by atoms with van der Waals surface area (Å²) in [5.74, 6) is 0.856. The van der Waals surface area contributed by atoms with E-state index in [9.17, 15) is 9.59 Å². The van der Waals surface area contributed by atoms with Crippen molar-refractivity contribution in [2.75, 3.05) is 18.6 Å². The fourth-order valence-electron chi connectivity index (χ4n) is 4.58. The number of carbonyl (C=O) groups excluding carboxylic acids is 2. The van der Waals surface area contributed by atoms with Gasteiger partial charge in [-0.2, -0.15) is 0 Å². The molecule has 0 atom stereocenters. The maximum atomic E-state index is 13.2. The highest BCUT2D eigenvalue weighted by Gasteiger charge is 2.35.